The van der Waals surface area contributed by atoms with Gasteiger partial charge in [0.05, 0.1) is 25.4 Å². The lowest BCUT2D eigenvalue weighted by atomic mass is 9.99. The predicted molar refractivity (Wildman–Crippen MR) is 203 cm³/mol. The van der Waals surface area contributed by atoms with Gasteiger partial charge in [-0.05, 0) is 57.8 Å². The van der Waals surface area contributed by atoms with E-state index in [9.17, 15) is 30.3 Å². The number of nitrogens with one attached hydrogen (secondary N) is 1. The first-order valence-corrected chi connectivity index (χ1v) is 20.2. The Balaban J connectivity index is 2.45. The molecule has 0 radical (unpaired) electrons. The lowest BCUT2D eigenvalue weighted by molar-refractivity contribution is -0.302. The monoisotopic (exact) mass is 710 g/mol. The first-order valence-electron chi connectivity index (χ1n) is 20.2. The summed E-state index contributed by atoms with van der Waals surface area (Å²) in [5.41, 5.74) is 0. The lowest BCUT2D eigenvalue weighted by Gasteiger charge is -2.40. The van der Waals surface area contributed by atoms with Crippen molar-refractivity contribution in [2.24, 2.45) is 0 Å². The third-order valence-electron chi connectivity index (χ3n) is 9.44. The third kappa shape index (κ3) is 23.1. The number of ether oxygens (including phenoxy) is 2. The summed E-state index contributed by atoms with van der Waals surface area (Å²) in [4.78, 5) is 12.9. The SMILES string of the molecule is CCCCCC/C=C\CCCCCCCCCC(=O)NC(COC1OC(CO)C(O)C(O)C1O)C(O)/C=C/CC/C=C/CCCCCCCC. The van der Waals surface area contributed by atoms with E-state index in [4.69, 9.17) is 9.47 Å². The average Bonchev–Trinajstić information content (AvgIpc) is 3.11. The molecule has 50 heavy (non-hydrogen) atoms. The van der Waals surface area contributed by atoms with E-state index < -0.39 is 49.5 Å². The van der Waals surface area contributed by atoms with Gasteiger partial charge in [0.15, 0.2) is 6.29 Å². The number of hydrogen-bond acceptors (Lipinski definition) is 8. The van der Waals surface area contributed by atoms with Crippen LogP contribution in [0.2, 0.25) is 0 Å². The fourth-order valence-electron chi connectivity index (χ4n) is 6.10. The van der Waals surface area contributed by atoms with Gasteiger partial charge < -0.3 is 40.3 Å². The van der Waals surface area contributed by atoms with Gasteiger partial charge in [0.1, 0.15) is 24.4 Å². The van der Waals surface area contributed by atoms with Gasteiger partial charge in [0.2, 0.25) is 5.91 Å². The molecule has 6 N–H and O–H groups in total. The molecule has 0 aromatic carbocycles. The first-order chi connectivity index (χ1) is 24.3. The molecule has 292 valence electrons. The second-order valence-corrected chi connectivity index (χ2v) is 14.1. The number of rotatable bonds is 32. The smallest absolute Gasteiger partial charge is 0.220 e. The van der Waals surface area contributed by atoms with Crippen LogP contribution in [-0.2, 0) is 14.3 Å². The van der Waals surface area contributed by atoms with Gasteiger partial charge in [0, 0.05) is 6.42 Å². The molecule has 0 saturated carbocycles. The van der Waals surface area contributed by atoms with Gasteiger partial charge in [-0.2, -0.15) is 0 Å². The molecule has 7 unspecified atom stereocenters. The highest BCUT2D eigenvalue weighted by Gasteiger charge is 2.44. The number of carbonyl (C=O) groups excluding carboxylic acids is 1. The highest BCUT2D eigenvalue weighted by Crippen LogP contribution is 2.22. The summed E-state index contributed by atoms with van der Waals surface area (Å²) >= 11 is 0. The second-order valence-electron chi connectivity index (χ2n) is 14.1. The number of aliphatic hydroxyl groups excluding tert-OH is 5. The van der Waals surface area contributed by atoms with Crippen LogP contribution in [0.1, 0.15) is 162 Å². The van der Waals surface area contributed by atoms with Crippen LogP contribution >= 0.6 is 0 Å². The Kier molecular flexibility index (Phi) is 29.8. The van der Waals surface area contributed by atoms with Crippen molar-refractivity contribution >= 4 is 5.91 Å². The molecule has 0 spiro atoms. The molecule has 9 nitrogen and oxygen atoms in total. The minimum atomic E-state index is -1.57. The van der Waals surface area contributed by atoms with Crippen molar-refractivity contribution in [1.29, 1.82) is 0 Å². The van der Waals surface area contributed by atoms with E-state index in [1.165, 1.54) is 89.9 Å². The van der Waals surface area contributed by atoms with Gasteiger partial charge in [-0.15, -0.1) is 0 Å². The number of amides is 1. The van der Waals surface area contributed by atoms with E-state index in [1.807, 2.05) is 6.08 Å². The molecule has 1 rings (SSSR count). The van der Waals surface area contributed by atoms with Crippen LogP contribution in [0.5, 0.6) is 0 Å². The second kappa shape index (κ2) is 32.1. The third-order valence-corrected chi connectivity index (χ3v) is 9.44. The maximum atomic E-state index is 12.9. The van der Waals surface area contributed by atoms with E-state index >= 15 is 0 Å². The fourth-order valence-corrected chi connectivity index (χ4v) is 6.10. The molecular weight excluding hydrogens is 634 g/mol. The summed E-state index contributed by atoms with van der Waals surface area (Å²) in [7, 11) is 0. The van der Waals surface area contributed by atoms with Crippen LogP contribution in [0.15, 0.2) is 36.5 Å². The predicted octanol–water partition coefficient (Wildman–Crippen LogP) is 7.33. The molecule has 0 aromatic rings. The van der Waals surface area contributed by atoms with Gasteiger partial charge in [-0.25, -0.2) is 0 Å². The Bertz CT molecular complexity index is 879. The minimum absolute atomic E-state index is 0.195. The van der Waals surface area contributed by atoms with Crippen molar-refractivity contribution in [3.8, 4) is 0 Å². The summed E-state index contributed by atoms with van der Waals surface area (Å²) in [5, 5.41) is 53.9. The number of carbonyl (C=O) groups is 1. The van der Waals surface area contributed by atoms with E-state index in [2.05, 4.69) is 43.5 Å². The molecule has 0 aliphatic carbocycles. The largest absolute Gasteiger partial charge is 0.394 e. The quantitative estimate of drug-likeness (QED) is 0.0314. The minimum Gasteiger partial charge on any atom is -0.394 e. The number of unbranched alkanes of at least 4 members (excludes halogenated alkanes) is 18. The molecule has 7 atom stereocenters. The van der Waals surface area contributed by atoms with Gasteiger partial charge in [-0.1, -0.05) is 134 Å². The Morgan fingerprint density at radius 1 is 0.660 bits per heavy atom. The topological polar surface area (TPSA) is 149 Å². The van der Waals surface area contributed by atoms with Gasteiger partial charge in [0.25, 0.3) is 0 Å². The lowest BCUT2D eigenvalue weighted by Crippen LogP contribution is -2.60. The Morgan fingerprint density at radius 2 is 1.14 bits per heavy atom. The highest BCUT2D eigenvalue weighted by molar-refractivity contribution is 5.76. The summed E-state index contributed by atoms with van der Waals surface area (Å²) in [6, 6.07) is -0.820. The van der Waals surface area contributed by atoms with Crippen molar-refractivity contribution in [2.75, 3.05) is 13.2 Å². The van der Waals surface area contributed by atoms with Gasteiger partial charge >= 0.3 is 0 Å². The summed E-state index contributed by atoms with van der Waals surface area (Å²) < 4.78 is 11.1. The Hall–Kier alpha value is -1.59. The van der Waals surface area contributed by atoms with E-state index in [0.717, 1.165) is 51.4 Å². The zero-order valence-electron chi connectivity index (χ0n) is 31.6. The van der Waals surface area contributed by atoms with Crippen molar-refractivity contribution in [3.05, 3.63) is 36.5 Å². The zero-order valence-corrected chi connectivity index (χ0v) is 31.6. The Morgan fingerprint density at radius 3 is 1.70 bits per heavy atom. The number of allylic oxidation sites excluding steroid dienone is 5. The molecule has 1 amide bonds. The number of hydrogen-bond donors (Lipinski definition) is 6. The van der Waals surface area contributed by atoms with E-state index in [0.29, 0.717) is 6.42 Å². The van der Waals surface area contributed by atoms with Crippen molar-refractivity contribution in [2.45, 2.75) is 204 Å². The van der Waals surface area contributed by atoms with Crippen molar-refractivity contribution in [3.63, 3.8) is 0 Å². The Labute approximate surface area is 304 Å². The highest BCUT2D eigenvalue weighted by atomic mass is 16.7. The van der Waals surface area contributed by atoms with Crippen LogP contribution in [-0.4, -0.2) is 87.5 Å². The normalized spacial score (nSPS) is 22.6. The number of aliphatic hydroxyl groups is 5. The van der Waals surface area contributed by atoms with E-state index in [-0.39, 0.29) is 12.5 Å². The molecule has 1 aliphatic heterocycles. The molecule has 0 bridgehead atoms. The summed E-state index contributed by atoms with van der Waals surface area (Å²) in [6.45, 7) is 3.70. The van der Waals surface area contributed by atoms with Gasteiger partial charge in [-0.3, -0.25) is 4.79 Å². The van der Waals surface area contributed by atoms with Crippen LogP contribution in [0.25, 0.3) is 0 Å². The zero-order chi connectivity index (χ0) is 36.7. The standard InChI is InChI=1S/C41H75NO8/c1-3-5-7-9-11-13-15-17-18-19-21-23-25-27-29-31-37(45)42-34(33-49-41-40(48)39(47)38(46)36(32-43)50-41)35(44)30-28-26-24-22-20-16-14-12-10-8-6-4-2/h13,15,20,22,28,30,34-36,38-41,43-44,46-48H,3-12,14,16-19,21,23-27,29,31-33H2,1-2H3,(H,42,45)/b15-13-,22-20+,30-28+. The molecule has 9 heteroatoms. The summed E-state index contributed by atoms with van der Waals surface area (Å²) in [6.07, 6.45) is 30.4. The maximum Gasteiger partial charge on any atom is 0.220 e. The van der Waals surface area contributed by atoms with Crippen molar-refractivity contribution < 1.29 is 39.8 Å². The molecule has 0 aromatic heterocycles. The maximum absolute atomic E-state index is 12.9. The van der Waals surface area contributed by atoms with Crippen LogP contribution in [0.3, 0.4) is 0 Å². The molecule has 1 aliphatic rings. The molecule has 1 heterocycles. The van der Waals surface area contributed by atoms with Crippen LogP contribution < -0.4 is 5.32 Å². The molecule has 1 saturated heterocycles. The van der Waals surface area contributed by atoms with Crippen LogP contribution in [0, 0.1) is 0 Å². The molecule has 1 fully saturated rings. The van der Waals surface area contributed by atoms with E-state index in [1.54, 1.807) is 6.08 Å². The molecular formula is C41H75NO8. The van der Waals surface area contributed by atoms with Crippen LogP contribution in [0.4, 0.5) is 0 Å². The first kappa shape index (κ1) is 46.4. The average molecular weight is 710 g/mol. The summed E-state index contributed by atoms with van der Waals surface area (Å²) in [5.74, 6) is -0.195. The van der Waals surface area contributed by atoms with Crippen molar-refractivity contribution in [1.82, 2.24) is 5.32 Å². The fraction of sp³-hybridized carbons (Fsp3) is 0.829.